The fourth-order valence-corrected chi connectivity index (χ4v) is 3.35. The number of halogens is 2. The van der Waals surface area contributed by atoms with Gasteiger partial charge in [0, 0.05) is 49.5 Å². The lowest BCUT2D eigenvalue weighted by atomic mass is 10.2. The maximum atomic E-state index is 5.83. The third-order valence-corrected chi connectivity index (χ3v) is 4.58. The number of hydrogen-bond acceptors (Lipinski definition) is 5. The molecule has 0 radical (unpaired) electrons. The van der Waals surface area contributed by atoms with Gasteiger partial charge in [0.1, 0.15) is 0 Å². The first kappa shape index (κ1) is 19.0. The Labute approximate surface area is 148 Å². The molecule has 0 unspecified atom stereocenters. The molecule has 0 bridgehead atoms. The van der Waals surface area contributed by atoms with Crippen LogP contribution in [0.3, 0.4) is 0 Å². The third kappa shape index (κ3) is 4.74. The van der Waals surface area contributed by atoms with Crippen LogP contribution in [0.25, 0.3) is 0 Å². The predicted octanol–water partition coefficient (Wildman–Crippen LogP) is 3.20. The second-order valence-corrected chi connectivity index (χ2v) is 6.47. The Morgan fingerprint density at radius 2 is 1.91 bits per heavy atom. The first-order valence-corrected chi connectivity index (χ1v) is 7.76. The van der Waals surface area contributed by atoms with Crippen LogP contribution in [0.5, 0.6) is 0 Å². The van der Waals surface area contributed by atoms with Gasteiger partial charge in [-0.2, -0.15) is 0 Å². The molecule has 2 aromatic rings. The van der Waals surface area contributed by atoms with E-state index in [1.165, 1.54) is 10.4 Å². The van der Waals surface area contributed by atoms with E-state index in [1.54, 1.807) is 11.3 Å². The number of thiazole rings is 1. The second-order valence-electron chi connectivity index (χ2n) is 5.26. The molecule has 2 N–H and O–H groups in total. The highest BCUT2D eigenvalue weighted by Crippen LogP contribution is 2.23. The minimum absolute atomic E-state index is 0. The van der Waals surface area contributed by atoms with Crippen LogP contribution in [-0.4, -0.2) is 36.1 Å². The van der Waals surface area contributed by atoms with Crippen molar-refractivity contribution in [3.05, 3.63) is 40.9 Å². The summed E-state index contributed by atoms with van der Waals surface area (Å²) in [6.07, 6.45) is 1.96. The standard InChI is InChI=1S/C15H20N4S.2ClH/c1-12-10-17-15(20-12)19-7-5-18(6-8-19)11-13-3-2-4-14(16)9-13;;/h2-4,9-10H,5-8,11,16H2,1H3;2*1H. The molecule has 1 aliphatic rings. The van der Waals surface area contributed by atoms with E-state index in [9.17, 15) is 0 Å². The summed E-state index contributed by atoms with van der Waals surface area (Å²) in [6.45, 7) is 7.35. The number of rotatable bonds is 3. The summed E-state index contributed by atoms with van der Waals surface area (Å²) in [4.78, 5) is 10.6. The van der Waals surface area contributed by atoms with Crippen LogP contribution in [0.2, 0.25) is 0 Å². The zero-order chi connectivity index (χ0) is 13.9. The number of nitrogens with zero attached hydrogens (tertiary/aromatic N) is 3. The number of hydrogen-bond donors (Lipinski definition) is 1. The van der Waals surface area contributed by atoms with Crippen LogP contribution in [0, 0.1) is 6.92 Å². The number of aryl methyl sites for hydroxylation is 1. The number of anilines is 2. The Bertz CT molecular complexity index is 582. The summed E-state index contributed by atoms with van der Waals surface area (Å²) in [5.41, 5.74) is 7.97. The SMILES string of the molecule is Cc1cnc(N2CCN(Cc3cccc(N)c3)CC2)s1.Cl.Cl. The first-order chi connectivity index (χ1) is 9.70. The molecule has 0 spiro atoms. The Morgan fingerprint density at radius 1 is 1.18 bits per heavy atom. The molecule has 1 saturated heterocycles. The van der Waals surface area contributed by atoms with Crippen molar-refractivity contribution in [1.82, 2.24) is 9.88 Å². The van der Waals surface area contributed by atoms with Crippen LogP contribution in [0.1, 0.15) is 10.4 Å². The average molecular weight is 361 g/mol. The van der Waals surface area contributed by atoms with Gasteiger partial charge in [0.2, 0.25) is 0 Å². The van der Waals surface area contributed by atoms with Gasteiger partial charge >= 0.3 is 0 Å². The van der Waals surface area contributed by atoms with Gasteiger partial charge in [-0.3, -0.25) is 4.90 Å². The van der Waals surface area contributed by atoms with Crippen molar-refractivity contribution in [1.29, 1.82) is 0 Å². The van der Waals surface area contributed by atoms with Gasteiger partial charge in [-0.05, 0) is 24.6 Å². The summed E-state index contributed by atoms with van der Waals surface area (Å²) in [7, 11) is 0. The topological polar surface area (TPSA) is 45.4 Å². The molecule has 0 amide bonds. The second kappa shape index (κ2) is 8.58. The molecule has 0 atom stereocenters. The van der Waals surface area contributed by atoms with Gasteiger partial charge in [0.15, 0.2) is 5.13 Å². The zero-order valence-corrected chi connectivity index (χ0v) is 15.0. The summed E-state index contributed by atoms with van der Waals surface area (Å²) >= 11 is 1.78. The molecule has 1 aromatic carbocycles. The summed E-state index contributed by atoms with van der Waals surface area (Å²) < 4.78 is 0. The highest BCUT2D eigenvalue weighted by Gasteiger charge is 2.19. The van der Waals surface area contributed by atoms with Crippen molar-refractivity contribution >= 4 is 47.0 Å². The highest BCUT2D eigenvalue weighted by atomic mass is 35.5. The number of benzene rings is 1. The fraction of sp³-hybridized carbons (Fsp3) is 0.400. The lowest BCUT2D eigenvalue weighted by Crippen LogP contribution is -2.45. The van der Waals surface area contributed by atoms with E-state index < -0.39 is 0 Å². The van der Waals surface area contributed by atoms with E-state index in [0.29, 0.717) is 0 Å². The smallest absolute Gasteiger partial charge is 0.185 e. The molecule has 122 valence electrons. The van der Waals surface area contributed by atoms with Crippen molar-refractivity contribution in [3.8, 4) is 0 Å². The van der Waals surface area contributed by atoms with Gasteiger partial charge in [-0.15, -0.1) is 36.2 Å². The normalized spacial score (nSPS) is 15.0. The Balaban J connectivity index is 0.00000121. The first-order valence-electron chi connectivity index (χ1n) is 6.95. The van der Waals surface area contributed by atoms with Gasteiger partial charge in [-0.25, -0.2) is 4.98 Å². The minimum Gasteiger partial charge on any atom is -0.399 e. The molecular weight excluding hydrogens is 339 g/mol. The molecular formula is C15H22Cl2N4S. The van der Waals surface area contributed by atoms with Crippen molar-refractivity contribution in [2.75, 3.05) is 36.8 Å². The number of piperazine rings is 1. The van der Waals surface area contributed by atoms with Crippen LogP contribution in [0.4, 0.5) is 10.8 Å². The minimum atomic E-state index is 0. The zero-order valence-electron chi connectivity index (χ0n) is 12.6. The quantitative estimate of drug-likeness (QED) is 0.853. The van der Waals surface area contributed by atoms with E-state index in [-0.39, 0.29) is 24.8 Å². The van der Waals surface area contributed by atoms with E-state index in [0.717, 1.165) is 43.5 Å². The summed E-state index contributed by atoms with van der Waals surface area (Å²) in [5.74, 6) is 0. The van der Waals surface area contributed by atoms with Gasteiger partial charge in [0.05, 0.1) is 0 Å². The molecule has 1 aromatic heterocycles. The van der Waals surface area contributed by atoms with E-state index in [4.69, 9.17) is 5.73 Å². The molecule has 0 aliphatic carbocycles. The Kier molecular flexibility index (Phi) is 7.42. The predicted molar refractivity (Wildman–Crippen MR) is 99.7 cm³/mol. The van der Waals surface area contributed by atoms with E-state index in [2.05, 4.69) is 33.8 Å². The molecule has 4 nitrogen and oxygen atoms in total. The maximum absolute atomic E-state index is 5.83. The monoisotopic (exact) mass is 360 g/mol. The molecule has 22 heavy (non-hydrogen) atoms. The van der Waals surface area contributed by atoms with Crippen LogP contribution < -0.4 is 10.6 Å². The highest BCUT2D eigenvalue weighted by molar-refractivity contribution is 7.15. The van der Waals surface area contributed by atoms with Crippen molar-refractivity contribution in [2.45, 2.75) is 13.5 Å². The van der Waals surface area contributed by atoms with Gasteiger partial charge in [-0.1, -0.05) is 12.1 Å². The maximum Gasteiger partial charge on any atom is 0.185 e. The lowest BCUT2D eigenvalue weighted by Gasteiger charge is -2.34. The Hall–Kier alpha value is -1.01. The van der Waals surface area contributed by atoms with E-state index >= 15 is 0 Å². The summed E-state index contributed by atoms with van der Waals surface area (Å²) in [5, 5.41) is 1.16. The van der Waals surface area contributed by atoms with Crippen LogP contribution >= 0.6 is 36.2 Å². The molecule has 1 aliphatic heterocycles. The average Bonchev–Trinajstić information content (AvgIpc) is 2.86. The molecule has 0 saturated carbocycles. The number of nitrogen functional groups attached to an aromatic ring is 1. The van der Waals surface area contributed by atoms with Gasteiger partial charge < -0.3 is 10.6 Å². The Morgan fingerprint density at radius 3 is 2.50 bits per heavy atom. The molecule has 3 rings (SSSR count). The number of nitrogens with two attached hydrogens (primary N) is 1. The van der Waals surface area contributed by atoms with Crippen LogP contribution in [-0.2, 0) is 6.54 Å². The van der Waals surface area contributed by atoms with Crippen molar-refractivity contribution in [3.63, 3.8) is 0 Å². The largest absolute Gasteiger partial charge is 0.399 e. The van der Waals surface area contributed by atoms with Crippen molar-refractivity contribution in [2.24, 2.45) is 0 Å². The summed E-state index contributed by atoms with van der Waals surface area (Å²) in [6, 6.07) is 8.18. The third-order valence-electron chi connectivity index (χ3n) is 3.61. The molecule has 2 heterocycles. The lowest BCUT2D eigenvalue weighted by molar-refractivity contribution is 0.250. The molecule has 7 heteroatoms. The van der Waals surface area contributed by atoms with E-state index in [1.807, 2.05) is 18.3 Å². The molecule has 1 fully saturated rings. The van der Waals surface area contributed by atoms with Crippen LogP contribution in [0.15, 0.2) is 30.5 Å². The fourth-order valence-electron chi connectivity index (χ4n) is 2.54. The number of aromatic nitrogens is 1. The van der Waals surface area contributed by atoms with Gasteiger partial charge in [0.25, 0.3) is 0 Å². The van der Waals surface area contributed by atoms with Crippen molar-refractivity contribution < 1.29 is 0 Å².